The lowest BCUT2D eigenvalue weighted by atomic mass is 10.0. The molecule has 8 heteroatoms. The number of hydrogen-bond acceptors (Lipinski definition) is 3. The van der Waals surface area contributed by atoms with Crippen LogP contribution in [0.25, 0.3) is 11.1 Å². The molecule has 0 aliphatic carbocycles. The van der Waals surface area contributed by atoms with Crippen molar-refractivity contribution in [2.24, 2.45) is 0 Å². The molecule has 0 atom stereocenters. The average Bonchev–Trinajstić information content (AvgIpc) is 2.83. The minimum atomic E-state index is -0.285. The van der Waals surface area contributed by atoms with Gasteiger partial charge in [-0.3, -0.25) is 9.78 Å². The number of benzene rings is 2. The molecule has 3 aromatic rings. The van der Waals surface area contributed by atoms with Crippen molar-refractivity contribution in [3.05, 3.63) is 82.8 Å². The molecule has 2 heterocycles. The Morgan fingerprint density at radius 3 is 2.45 bits per heavy atom. The van der Waals surface area contributed by atoms with Gasteiger partial charge in [0, 0.05) is 48.7 Å². The van der Waals surface area contributed by atoms with Crippen LogP contribution >= 0.6 is 15.9 Å². The lowest BCUT2D eigenvalue weighted by Crippen LogP contribution is -2.48. The number of carbonyl (C=O) groups excluding carboxylic acids is 2. The van der Waals surface area contributed by atoms with Crippen LogP contribution in [0.5, 0.6) is 0 Å². The summed E-state index contributed by atoms with van der Waals surface area (Å²) in [5.74, 6) is -0.333. The van der Waals surface area contributed by atoms with Crippen LogP contribution < -0.4 is 5.32 Å². The first-order chi connectivity index (χ1) is 15.9. The minimum Gasteiger partial charge on any atom is -0.338 e. The van der Waals surface area contributed by atoms with Gasteiger partial charge in [0.05, 0.1) is 5.56 Å². The number of nitrogens with zero attached hydrogens (tertiary/aromatic N) is 3. The fourth-order valence-electron chi connectivity index (χ4n) is 3.96. The van der Waals surface area contributed by atoms with Gasteiger partial charge in [-0.15, -0.1) is 0 Å². The molecule has 0 saturated carbocycles. The molecule has 1 aliphatic heterocycles. The Bertz CT molecular complexity index is 1150. The fourth-order valence-corrected chi connectivity index (χ4v) is 4.32. The van der Waals surface area contributed by atoms with E-state index in [9.17, 15) is 14.0 Å². The van der Waals surface area contributed by atoms with Gasteiger partial charge in [-0.1, -0.05) is 24.3 Å². The number of anilines is 1. The van der Waals surface area contributed by atoms with Gasteiger partial charge in [0.15, 0.2) is 0 Å². The fraction of sp³-hybridized carbons (Fsp3) is 0.240. The lowest BCUT2D eigenvalue weighted by Gasteiger charge is -2.36. The van der Waals surface area contributed by atoms with E-state index in [0.29, 0.717) is 37.2 Å². The van der Waals surface area contributed by atoms with Crippen LogP contribution in [0.2, 0.25) is 0 Å². The number of nitrogens with one attached hydrogen (secondary N) is 1. The van der Waals surface area contributed by atoms with E-state index in [1.165, 1.54) is 12.1 Å². The standard InChI is InChI=1S/C25H24BrFN4O2/c1-30(23-9-11-31(12-10-23)24(32)19-13-20(26)16-28-15-19)25(33)29-22-7-5-17(6-8-22)18-3-2-4-21(27)14-18/h2-8,13-16,23H,9-12H2,1H3,(H,29,33). The maximum Gasteiger partial charge on any atom is 0.321 e. The number of likely N-dealkylation sites (tertiary alicyclic amines) is 1. The molecule has 4 rings (SSSR count). The first-order valence-corrected chi connectivity index (χ1v) is 11.5. The largest absolute Gasteiger partial charge is 0.338 e. The molecule has 1 saturated heterocycles. The molecule has 0 spiro atoms. The Hall–Kier alpha value is -3.26. The molecule has 6 nitrogen and oxygen atoms in total. The van der Waals surface area contributed by atoms with Crippen molar-refractivity contribution >= 4 is 33.6 Å². The van der Waals surface area contributed by atoms with Gasteiger partial charge in [-0.25, -0.2) is 9.18 Å². The number of urea groups is 1. The van der Waals surface area contributed by atoms with Crippen LogP contribution in [0.4, 0.5) is 14.9 Å². The molecule has 2 aromatic carbocycles. The lowest BCUT2D eigenvalue weighted by molar-refractivity contribution is 0.0671. The number of pyridine rings is 1. The normalized spacial score (nSPS) is 14.1. The molecule has 1 aliphatic rings. The van der Waals surface area contributed by atoms with E-state index in [1.54, 1.807) is 53.5 Å². The zero-order valence-electron chi connectivity index (χ0n) is 18.2. The molecule has 1 aromatic heterocycles. The zero-order valence-corrected chi connectivity index (χ0v) is 19.8. The summed E-state index contributed by atoms with van der Waals surface area (Å²) in [5.41, 5.74) is 2.88. The Kier molecular flexibility index (Phi) is 7.03. The first-order valence-electron chi connectivity index (χ1n) is 10.7. The molecule has 0 bridgehead atoms. The predicted molar refractivity (Wildman–Crippen MR) is 129 cm³/mol. The molecule has 170 valence electrons. The van der Waals surface area contributed by atoms with E-state index in [1.807, 2.05) is 18.2 Å². The van der Waals surface area contributed by atoms with Gasteiger partial charge in [-0.2, -0.15) is 0 Å². The van der Waals surface area contributed by atoms with Crippen molar-refractivity contribution in [3.63, 3.8) is 0 Å². The van der Waals surface area contributed by atoms with E-state index in [2.05, 4.69) is 26.2 Å². The average molecular weight is 511 g/mol. The van der Waals surface area contributed by atoms with E-state index >= 15 is 0 Å². The molecule has 1 N–H and O–H groups in total. The summed E-state index contributed by atoms with van der Waals surface area (Å²) in [6.07, 6.45) is 4.62. The smallest absolute Gasteiger partial charge is 0.321 e. The third kappa shape index (κ3) is 5.57. The third-order valence-corrected chi connectivity index (χ3v) is 6.30. The number of rotatable bonds is 4. The van der Waals surface area contributed by atoms with Crippen LogP contribution in [-0.2, 0) is 0 Å². The second-order valence-electron chi connectivity index (χ2n) is 8.04. The van der Waals surface area contributed by atoms with Crippen molar-refractivity contribution in [1.29, 1.82) is 0 Å². The number of hydrogen-bond donors (Lipinski definition) is 1. The third-order valence-electron chi connectivity index (χ3n) is 5.87. The van der Waals surface area contributed by atoms with E-state index < -0.39 is 0 Å². The van der Waals surface area contributed by atoms with Crippen molar-refractivity contribution < 1.29 is 14.0 Å². The predicted octanol–water partition coefficient (Wildman–Crippen LogP) is 5.42. The first kappa shape index (κ1) is 22.9. The van der Waals surface area contributed by atoms with E-state index in [0.717, 1.165) is 15.6 Å². The van der Waals surface area contributed by atoms with Crippen LogP contribution in [0.1, 0.15) is 23.2 Å². The van der Waals surface area contributed by atoms with Crippen molar-refractivity contribution in [2.75, 3.05) is 25.5 Å². The van der Waals surface area contributed by atoms with Crippen LogP contribution in [0.3, 0.4) is 0 Å². The number of carbonyl (C=O) groups is 2. The molecular formula is C25H24BrFN4O2. The molecule has 3 amide bonds. The highest BCUT2D eigenvalue weighted by molar-refractivity contribution is 9.10. The van der Waals surface area contributed by atoms with Crippen molar-refractivity contribution in [1.82, 2.24) is 14.8 Å². The van der Waals surface area contributed by atoms with Crippen LogP contribution in [0.15, 0.2) is 71.5 Å². The van der Waals surface area contributed by atoms with Crippen LogP contribution in [-0.4, -0.2) is 52.9 Å². The highest BCUT2D eigenvalue weighted by Gasteiger charge is 2.28. The Labute approximate surface area is 200 Å². The molecule has 33 heavy (non-hydrogen) atoms. The van der Waals surface area contributed by atoms with Crippen molar-refractivity contribution in [2.45, 2.75) is 18.9 Å². The van der Waals surface area contributed by atoms with E-state index in [4.69, 9.17) is 0 Å². The quantitative estimate of drug-likeness (QED) is 0.509. The summed E-state index contributed by atoms with van der Waals surface area (Å²) >= 11 is 3.35. The summed E-state index contributed by atoms with van der Waals surface area (Å²) < 4.78 is 14.2. The molecule has 1 fully saturated rings. The molecule has 0 unspecified atom stereocenters. The van der Waals surface area contributed by atoms with Gasteiger partial charge < -0.3 is 15.1 Å². The SMILES string of the molecule is CN(C(=O)Nc1ccc(-c2cccc(F)c2)cc1)C1CCN(C(=O)c2cncc(Br)c2)CC1. The summed E-state index contributed by atoms with van der Waals surface area (Å²) in [4.78, 5) is 33.0. The number of amides is 3. The summed E-state index contributed by atoms with van der Waals surface area (Å²) in [5, 5.41) is 2.91. The minimum absolute atomic E-state index is 0.0428. The number of piperidine rings is 1. The summed E-state index contributed by atoms with van der Waals surface area (Å²) in [7, 11) is 1.77. The van der Waals surface area contributed by atoms with Gasteiger partial charge in [0.25, 0.3) is 5.91 Å². The Balaban J connectivity index is 1.31. The summed E-state index contributed by atoms with van der Waals surface area (Å²) in [6.45, 7) is 1.16. The monoisotopic (exact) mass is 510 g/mol. The zero-order chi connectivity index (χ0) is 23.4. The van der Waals surface area contributed by atoms with Crippen LogP contribution in [0, 0.1) is 5.82 Å². The molecular weight excluding hydrogens is 487 g/mol. The number of halogens is 2. The summed E-state index contributed by atoms with van der Waals surface area (Å²) in [6, 6.07) is 15.3. The Morgan fingerprint density at radius 1 is 1.06 bits per heavy atom. The molecule has 0 radical (unpaired) electrons. The maximum atomic E-state index is 13.5. The second-order valence-corrected chi connectivity index (χ2v) is 8.96. The Morgan fingerprint density at radius 2 is 1.79 bits per heavy atom. The number of aromatic nitrogens is 1. The van der Waals surface area contributed by atoms with Gasteiger partial charge >= 0.3 is 6.03 Å². The topological polar surface area (TPSA) is 65.5 Å². The highest BCUT2D eigenvalue weighted by atomic mass is 79.9. The highest BCUT2D eigenvalue weighted by Crippen LogP contribution is 2.23. The van der Waals surface area contributed by atoms with Gasteiger partial charge in [0.2, 0.25) is 0 Å². The second kappa shape index (κ2) is 10.1. The van der Waals surface area contributed by atoms with E-state index in [-0.39, 0.29) is 23.8 Å². The van der Waals surface area contributed by atoms with Crippen molar-refractivity contribution in [3.8, 4) is 11.1 Å². The van der Waals surface area contributed by atoms with Gasteiger partial charge in [-0.05, 0) is 70.2 Å². The van der Waals surface area contributed by atoms with Gasteiger partial charge in [0.1, 0.15) is 5.82 Å². The maximum absolute atomic E-state index is 13.5.